The number of nitrogens with one attached hydrogen (secondary N) is 1. The van der Waals surface area contributed by atoms with Crippen LogP contribution < -0.4 is 5.32 Å². The third-order valence-electron chi connectivity index (χ3n) is 3.87. The number of hydrogen-bond acceptors (Lipinski definition) is 3. The number of halogens is 2. The number of hydrogen-bond donors (Lipinski definition) is 1. The topological polar surface area (TPSA) is 15.3 Å². The lowest BCUT2D eigenvalue weighted by atomic mass is 9.93. The van der Waals surface area contributed by atoms with Gasteiger partial charge in [0.15, 0.2) is 0 Å². The summed E-state index contributed by atoms with van der Waals surface area (Å²) in [6.45, 7) is 5.58. The van der Waals surface area contributed by atoms with Gasteiger partial charge in [-0.3, -0.25) is 4.90 Å². The first-order valence-electron chi connectivity index (χ1n) is 6.99. The summed E-state index contributed by atoms with van der Waals surface area (Å²) in [6.07, 6.45) is 4.00. The maximum atomic E-state index is 3.63. The molecule has 0 spiro atoms. The van der Waals surface area contributed by atoms with E-state index in [9.17, 15) is 0 Å². The van der Waals surface area contributed by atoms with Crippen LogP contribution >= 0.6 is 43.2 Å². The van der Waals surface area contributed by atoms with Gasteiger partial charge >= 0.3 is 0 Å². The van der Waals surface area contributed by atoms with Crippen LogP contribution in [0.2, 0.25) is 0 Å². The highest BCUT2D eigenvalue weighted by atomic mass is 79.9. The third-order valence-corrected chi connectivity index (χ3v) is 7.20. The van der Waals surface area contributed by atoms with E-state index in [4.69, 9.17) is 0 Å². The number of nitrogens with zero attached hydrogens (tertiary/aromatic N) is 1. The van der Waals surface area contributed by atoms with Gasteiger partial charge in [0.1, 0.15) is 0 Å². The monoisotopic (exact) mass is 408 g/mol. The van der Waals surface area contributed by atoms with Crippen molar-refractivity contribution in [2.45, 2.75) is 32.2 Å². The Morgan fingerprint density at radius 2 is 2.21 bits per heavy atom. The molecule has 0 aliphatic carbocycles. The summed E-state index contributed by atoms with van der Waals surface area (Å²) in [6, 6.07) is 2.84. The summed E-state index contributed by atoms with van der Waals surface area (Å²) in [7, 11) is 2.27. The Bertz CT molecular complexity index is 389. The molecule has 1 aromatic rings. The first-order valence-corrected chi connectivity index (χ1v) is 9.39. The number of likely N-dealkylation sites (tertiary alicyclic amines) is 1. The summed E-state index contributed by atoms with van der Waals surface area (Å²) in [5, 5.41) is 3.54. The van der Waals surface area contributed by atoms with E-state index in [0.717, 1.165) is 13.1 Å². The molecule has 19 heavy (non-hydrogen) atoms. The van der Waals surface area contributed by atoms with Crippen molar-refractivity contribution in [1.82, 2.24) is 10.2 Å². The van der Waals surface area contributed by atoms with Gasteiger partial charge in [-0.15, -0.1) is 11.3 Å². The van der Waals surface area contributed by atoms with Gasteiger partial charge in [0.2, 0.25) is 0 Å². The Morgan fingerprint density at radius 1 is 1.42 bits per heavy atom. The van der Waals surface area contributed by atoms with E-state index in [0.29, 0.717) is 12.0 Å². The third kappa shape index (κ3) is 4.03. The second kappa shape index (κ2) is 7.55. The minimum absolute atomic E-state index is 0.550. The zero-order chi connectivity index (χ0) is 13.8. The Hall–Kier alpha value is 0.580. The maximum Gasteiger partial charge on any atom is 0.0843 e. The predicted octanol–water partition coefficient (Wildman–Crippen LogP) is 4.66. The van der Waals surface area contributed by atoms with Crippen LogP contribution in [-0.2, 0) is 0 Å². The van der Waals surface area contributed by atoms with Gasteiger partial charge in [-0.05, 0) is 83.4 Å². The molecule has 108 valence electrons. The van der Waals surface area contributed by atoms with Crippen molar-refractivity contribution in [3.05, 3.63) is 19.2 Å². The molecule has 2 rings (SSSR count). The van der Waals surface area contributed by atoms with Crippen molar-refractivity contribution in [1.29, 1.82) is 0 Å². The van der Waals surface area contributed by atoms with E-state index in [1.54, 1.807) is 0 Å². The molecule has 1 aliphatic heterocycles. The number of rotatable bonds is 4. The molecule has 2 heterocycles. The van der Waals surface area contributed by atoms with Crippen molar-refractivity contribution in [3.8, 4) is 0 Å². The van der Waals surface area contributed by atoms with Crippen molar-refractivity contribution in [3.63, 3.8) is 0 Å². The van der Waals surface area contributed by atoms with Gasteiger partial charge in [-0.1, -0.05) is 13.3 Å². The normalized spacial score (nSPS) is 25.5. The van der Waals surface area contributed by atoms with Gasteiger partial charge in [-0.25, -0.2) is 0 Å². The second-order valence-electron chi connectivity index (χ2n) is 5.26. The summed E-state index contributed by atoms with van der Waals surface area (Å²) < 4.78 is 2.40. The molecule has 5 heteroatoms. The molecule has 2 nitrogen and oxygen atoms in total. The van der Waals surface area contributed by atoms with Crippen LogP contribution in [0.25, 0.3) is 0 Å². The lowest BCUT2D eigenvalue weighted by Gasteiger charge is -2.31. The van der Waals surface area contributed by atoms with Gasteiger partial charge in [-0.2, -0.15) is 0 Å². The van der Waals surface area contributed by atoms with Gasteiger partial charge in [0.05, 0.1) is 3.79 Å². The minimum atomic E-state index is 0.550. The SMILES string of the molecule is CCNCC1CCCCN(C)C1c1cc(Br)c(Br)s1. The predicted molar refractivity (Wildman–Crippen MR) is 91.0 cm³/mol. The Labute approximate surface area is 137 Å². The average Bonchev–Trinajstić information content (AvgIpc) is 2.60. The highest BCUT2D eigenvalue weighted by molar-refractivity contribution is 9.13. The average molecular weight is 410 g/mol. The van der Waals surface area contributed by atoms with Crippen LogP contribution in [-0.4, -0.2) is 31.6 Å². The quantitative estimate of drug-likeness (QED) is 0.777. The fraction of sp³-hybridized carbons (Fsp3) is 0.714. The molecular weight excluding hydrogens is 388 g/mol. The number of thiophene rings is 1. The maximum absolute atomic E-state index is 3.63. The molecule has 1 fully saturated rings. The highest BCUT2D eigenvalue weighted by Gasteiger charge is 2.30. The van der Waals surface area contributed by atoms with Gasteiger partial charge < -0.3 is 5.32 Å². The summed E-state index contributed by atoms with van der Waals surface area (Å²) in [5.74, 6) is 0.713. The second-order valence-corrected chi connectivity index (χ2v) is 8.52. The zero-order valence-corrected chi connectivity index (χ0v) is 15.6. The minimum Gasteiger partial charge on any atom is -0.317 e. The largest absolute Gasteiger partial charge is 0.317 e. The molecule has 0 saturated carbocycles. The molecule has 0 aromatic carbocycles. The van der Waals surface area contributed by atoms with Crippen LogP contribution in [0.15, 0.2) is 14.3 Å². The fourth-order valence-electron chi connectivity index (χ4n) is 2.93. The summed E-state index contributed by atoms with van der Waals surface area (Å²) >= 11 is 9.13. The Kier molecular flexibility index (Phi) is 6.34. The molecule has 2 atom stereocenters. The fourth-order valence-corrected chi connectivity index (χ4v) is 5.28. The molecule has 0 radical (unpaired) electrons. The molecule has 0 amide bonds. The molecule has 1 aromatic heterocycles. The van der Waals surface area contributed by atoms with Crippen molar-refractivity contribution >= 4 is 43.2 Å². The zero-order valence-electron chi connectivity index (χ0n) is 11.6. The Morgan fingerprint density at radius 3 is 2.84 bits per heavy atom. The van der Waals surface area contributed by atoms with Crippen molar-refractivity contribution in [2.75, 3.05) is 26.7 Å². The Balaban J connectivity index is 2.22. The lowest BCUT2D eigenvalue weighted by molar-refractivity contribution is 0.193. The summed E-state index contributed by atoms with van der Waals surface area (Å²) in [4.78, 5) is 4.02. The summed E-state index contributed by atoms with van der Waals surface area (Å²) in [5.41, 5.74) is 0. The smallest absolute Gasteiger partial charge is 0.0843 e. The molecule has 1 aliphatic rings. The highest BCUT2D eigenvalue weighted by Crippen LogP contribution is 2.42. The molecular formula is C14H22Br2N2S. The first-order chi connectivity index (χ1) is 9.13. The van der Waals surface area contributed by atoms with Crippen LogP contribution in [0.3, 0.4) is 0 Å². The molecule has 2 unspecified atom stereocenters. The van der Waals surface area contributed by atoms with E-state index < -0.39 is 0 Å². The lowest BCUT2D eigenvalue weighted by Crippen LogP contribution is -2.34. The van der Waals surface area contributed by atoms with Crippen molar-refractivity contribution in [2.24, 2.45) is 5.92 Å². The van der Waals surface area contributed by atoms with Crippen LogP contribution in [0, 0.1) is 5.92 Å². The van der Waals surface area contributed by atoms with Gasteiger partial charge in [0.25, 0.3) is 0 Å². The van der Waals surface area contributed by atoms with E-state index in [1.807, 2.05) is 11.3 Å². The van der Waals surface area contributed by atoms with Crippen LogP contribution in [0.4, 0.5) is 0 Å². The van der Waals surface area contributed by atoms with Crippen LogP contribution in [0.5, 0.6) is 0 Å². The molecule has 1 saturated heterocycles. The standard InChI is InChI=1S/C14H22Br2N2S/c1-3-17-9-10-6-4-5-7-18(2)13(10)12-8-11(15)14(16)19-12/h8,10,13,17H,3-7,9H2,1-2H3. The van der Waals surface area contributed by atoms with Crippen LogP contribution in [0.1, 0.15) is 37.1 Å². The van der Waals surface area contributed by atoms with Crippen molar-refractivity contribution < 1.29 is 0 Å². The van der Waals surface area contributed by atoms with E-state index in [2.05, 4.69) is 62.1 Å². The molecule has 1 N–H and O–H groups in total. The van der Waals surface area contributed by atoms with E-state index in [-0.39, 0.29) is 0 Å². The first kappa shape index (κ1) is 16.0. The van der Waals surface area contributed by atoms with Gasteiger partial charge in [0, 0.05) is 15.4 Å². The van der Waals surface area contributed by atoms with E-state index in [1.165, 1.54) is 38.9 Å². The molecule has 0 bridgehead atoms. The van der Waals surface area contributed by atoms with E-state index >= 15 is 0 Å².